The van der Waals surface area contributed by atoms with E-state index in [1.807, 2.05) is 19.2 Å². The fraction of sp³-hybridized carbons (Fsp3) is 0.333. The van der Waals surface area contributed by atoms with Crippen LogP contribution < -0.4 is 11.2 Å². The summed E-state index contributed by atoms with van der Waals surface area (Å²) in [6.45, 7) is 4.33. The Morgan fingerprint density at radius 2 is 2.21 bits per heavy atom. The fourth-order valence-electron chi connectivity index (χ4n) is 1.51. The van der Waals surface area contributed by atoms with Gasteiger partial charge in [-0.2, -0.15) is 0 Å². The molecule has 0 aliphatic heterocycles. The summed E-state index contributed by atoms with van der Waals surface area (Å²) in [4.78, 5) is 26.0. The molecule has 74 valence electrons. The summed E-state index contributed by atoms with van der Waals surface area (Å²) in [5.74, 6) is 0. The van der Waals surface area contributed by atoms with Crippen molar-refractivity contribution in [3.63, 3.8) is 0 Å². The predicted octanol–water partition coefficient (Wildman–Crippen LogP) is 1.08. The number of thiophene rings is 1. The summed E-state index contributed by atoms with van der Waals surface area (Å²) in [5.41, 5.74) is 0.314. The molecule has 0 aromatic carbocycles. The van der Waals surface area contributed by atoms with Crippen LogP contribution in [0.3, 0.4) is 0 Å². The molecule has 0 unspecified atom stereocenters. The average Bonchev–Trinajstić information content (AvgIpc) is 2.49. The third-order valence-corrected chi connectivity index (χ3v) is 3.33. The van der Waals surface area contributed by atoms with E-state index in [2.05, 4.69) is 4.98 Å². The molecule has 2 heterocycles. The van der Waals surface area contributed by atoms with Gasteiger partial charge in [-0.3, -0.25) is 14.3 Å². The maximum absolute atomic E-state index is 11.5. The van der Waals surface area contributed by atoms with Crippen molar-refractivity contribution in [1.29, 1.82) is 0 Å². The van der Waals surface area contributed by atoms with Crippen LogP contribution in [0.4, 0.5) is 0 Å². The smallest absolute Gasteiger partial charge is 0.285 e. The number of hydrogen-bond donors (Lipinski definition) is 1. The lowest BCUT2D eigenvalue weighted by Gasteiger charge is -2.01. The number of rotatable bonds is 1. The van der Waals surface area contributed by atoms with Gasteiger partial charge in [0.1, 0.15) is 4.83 Å². The highest BCUT2D eigenvalue weighted by Crippen LogP contribution is 2.20. The van der Waals surface area contributed by atoms with E-state index in [-0.39, 0.29) is 11.2 Å². The Bertz CT molecular complexity index is 591. The van der Waals surface area contributed by atoms with Crippen LogP contribution in [0.15, 0.2) is 15.0 Å². The zero-order valence-electron chi connectivity index (χ0n) is 7.96. The molecular formula is C9H10N2O2S. The maximum Gasteiger partial charge on any atom is 0.329 e. The Hall–Kier alpha value is -1.36. The number of nitrogens with zero attached hydrogens (tertiary/aromatic N) is 1. The Kier molecular flexibility index (Phi) is 2.03. The summed E-state index contributed by atoms with van der Waals surface area (Å²) >= 11 is 1.44. The number of hydrogen-bond acceptors (Lipinski definition) is 3. The lowest BCUT2D eigenvalue weighted by molar-refractivity contribution is 0.732. The second-order valence-corrected chi connectivity index (χ2v) is 3.96. The first-order valence-electron chi connectivity index (χ1n) is 4.36. The lowest BCUT2D eigenvalue weighted by Crippen LogP contribution is -2.29. The van der Waals surface area contributed by atoms with Crippen LogP contribution >= 0.6 is 11.3 Å². The third-order valence-electron chi connectivity index (χ3n) is 2.21. The van der Waals surface area contributed by atoms with Crippen molar-refractivity contribution in [3.8, 4) is 0 Å². The maximum atomic E-state index is 11.5. The molecule has 14 heavy (non-hydrogen) atoms. The topological polar surface area (TPSA) is 54.9 Å². The first-order chi connectivity index (χ1) is 6.65. The Balaban J connectivity index is 3.08. The van der Waals surface area contributed by atoms with E-state index in [1.165, 1.54) is 11.3 Å². The van der Waals surface area contributed by atoms with Crippen LogP contribution in [0, 0.1) is 6.92 Å². The van der Waals surface area contributed by atoms with E-state index in [0.717, 1.165) is 10.4 Å². The molecule has 0 amide bonds. The minimum atomic E-state index is -0.327. The van der Waals surface area contributed by atoms with E-state index in [9.17, 15) is 9.59 Å². The van der Waals surface area contributed by atoms with Gasteiger partial charge in [0.15, 0.2) is 0 Å². The van der Waals surface area contributed by atoms with Crippen molar-refractivity contribution in [3.05, 3.63) is 31.8 Å². The Morgan fingerprint density at radius 1 is 1.50 bits per heavy atom. The molecule has 5 heteroatoms. The number of aromatic nitrogens is 2. The molecule has 2 aromatic heterocycles. The van der Waals surface area contributed by atoms with Gasteiger partial charge < -0.3 is 0 Å². The molecule has 0 aliphatic rings. The van der Waals surface area contributed by atoms with E-state index in [4.69, 9.17) is 0 Å². The number of aromatic amines is 1. The van der Waals surface area contributed by atoms with Crippen molar-refractivity contribution in [2.24, 2.45) is 0 Å². The fourth-order valence-corrected chi connectivity index (χ4v) is 2.63. The molecule has 0 fully saturated rings. The second-order valence-electron chi connectivity index (χ2n) is 3.10. The molecule has 0 bridgehead atoms. The van der Waals surface area contributed by atoms with Crippen LogP contribution in [0.25, 0.3) is 10.2 Å². The van der Waals surface area contributed by atoms with Gasteiger partial charge >= 0.3 is 5.69 Å². The molecule has 0 radical (unpaired) electrons. The normalized spacial score (nSPS) is 11.0. The van der Waals surface area contributed by atoms with E-state index in [1.54, 1.807) is 4.57 Å². The summed E-state index contributed by atoms with van der Waals surface area (Å²) in [6.07, 6.45) is 0. The molecule has 0 aliphatic carbocycles. The van der Waals surface area contributed by atoms with Gasteiger partial charge in [0.2, 0.25) is 0 Å². The zero-order chi connectivity index (χ0) is 10.3. The van der Waals surface area contributed by atoms with Gasteiger partial charge in [-0.15, -0.1) is 11.3 Å². The van der Waals surface area contributed by atoms with E-state index >= 15 is 0 Å². The van der Waals surface area contributed by atoms with Crippen LogP contribution in [0.2, 0.25) is 0 Å². The van der Waals surface area contributed by atoms with Crippen LogP contribution in [0.5, 0.6) is 0 Å². The number of nitrogens with one attached hydrogen (secondary N) is 1. The minimum Gasteiger partial charge on any atom is -0.285 e. The predicted molar refractivity (Wildman–Crippen MR) is 57.1 cm³/mol. The highest BCUT2D eigenvalue weighted by Gasteiger charge is 2.09. The van der Waals surface area contributed by atoms with E-state index in [0.29, 0.717) is 11.9 Å². The molecule has 0 saturated carbocycles. The van der Waals surface area contributed by atoms with Crippen LogP contribution in [-0.2, 0) is 6.54 Å². The first kappa shape index (κ1) is 9.21. The summed E-state index contributed by atoms with van der Waals surface area (Å²) in [6, 6.07) is 0. The average molecular weight is 210 g/mol. The SMILES string of the molecule is CCn1c(=O)[nH]c(=O)c2c(C)csc21. The highest BCUT2D eigenvalue weighted by molar-refractivity contribution is 7.17. The van der Waals surface area contributed by atoms with Crippen LogP contribution in [-0.4, -0.2) is 9.55 Å². The number of H-pyrrole nitrogens is 1. The van der Waals surface area contributed by atoms with Crippen molar-refractivity contribution in [2.45, 2.75) is 20.4 Å². The Labute approximate surface area is 83.8 Å². The standard InChI is InChI=1S/C9H10N2O2S/c1-3-11-8-6(5(2)4-14-8)7(12)10-9(11)13/h4H,3H2,1-2H3,(H,10,12,13). The quantitative estimate of drug-likeness (QED) is 0.765. The number of aryl methyl sites for hydroxylation is 2. The summed E-state index contributed by atoms with van der Waals surface area (Å²) in [5, 5.41) is 2.53. The monoisotopic (exact) mass is 210 g/mol. The minimum absolute atomic E-state index is 0.284. The molecule has 2 aromatic rings. The van der Waals surface area contributed by atoms with Gasteiger partial charge in [-0.05, 0) is 24.8 Å². The Morgan fingerprint density at radius 3 is 2.86 bits per heavy atom. The van der Waals surface area contributed by atoms with Gasteiger partial charge in [0.05, 0.1) is 5.39 Å². The molecule has 2 rings (SSSR count). The largest absolute Gasteiger partial charge is 0.329 e. The highest BCUT2D eigenvalue weighted by atomic mass is 32.1. The van der Waals surface area contributed by atoms with Crippen LogP contribution in [0.1, 0.15) is 12.5 Å². The zero-order valence-corrected chi connectivity index (χ0v) is 8.77. The van der Waals surface area contributed by atoms with Crippen molar-refractivity contribution in [1.82, 2.24) is 9.55 Å². The van der Waals surface area contributed by atoms with Crippen molar-refractivity contribution < 1.29 is 0 Å². The molecule has 4 nitrogen and oxygen atoms in total. The van der Waals surface area contributed by atoms with Gasteiger partial charge in [0.25, 0.3) is 5.56 Å². The van der Waals surface area contributed by atoms with Gasteiger partial charge in [-0.1, -0.05) is 0 Å². The lowest BCUT2D eigenvalue weighted by atomic mass is 10.3. The second kappa shape index (κ2) is 3.09. The van der Waals surface area contributed by atoms with Gasteiger partial charge in [0, 0.05) is 6.54 Å². The summed E-state index contributed by atoms with van der Waals surface area (Å²) < 4.78 is 1.58. The van der Waals surface area contributed by atoms with Crippen molar-refractivity contribution in [2.75, 3.05) is 0 Å². The van der Waals surface area contributed by atoms with Gasteiger partial charge in [-0.25, -0.2) is 4.79 Å². The molecular weight excluding hydrogens is 200 g/mol. The molecule has 0 atom stereocenters. The third kappa shape index (κ3) is 1.13. The van der Waals surface area contributed by atoms with E-state index < -0.39 is 0 Å². The molecule has 1 N–H and O–H groups in total. The number of fused-ring (bicyclic) bond motifs is 1. The molecule has 0 spiro atoms. The molecule has 0 saturated heterocycles. The first-order valence-corrected chi connectivity index (χ1v) is 5.24. The van der Waals surface area contributed by atoms with Crippen molar-refractivity contribution >= 4 is 21.6 Å². The summed E-state index contributed by atoms with van der Waals surface area (Å²) in [7, 11) is 0.